The van der Waals surface area contributed by atoms with E-state index in [1.165, 1.54) is 11.0 Å². The number of carbonyl (C=O) groups is 2. The third kappa shape index (κ3) is 9.61. The number of benzene rings is 3. The molecule has 0 saturated heterocycles. The summed E-state index contributed by atoms with van der Waals surface area (Å²) < 4.78 is 65.8. The molecule has 0 saturated carbocycles. The maximum atomic E-state index is 13.8. The highest BCUT2D eigenvalue weighted by atomic mass is 35.5. The van der Waals surface area contributed by atoms with Crippen molar-refractivity contribution in [3.8, 4) is 0 Å². The Morgan fingerprint density at radius 1 is 0.953 bits per heavy atom. The first kappa shape index (κ1) is 34.2. The average Bonchev–Trinajstić information content (AvgIpc) is 2.94. The van der Waals surface area contributed by atoms with Crippen molar-refractivity contribution in [2.45, 2.75) is 44.9 Å². The minimum Gasteiger partial charge on any atom is -0.355 e. The van der Waals surface area contributed by atoms with Gasteiger partial charge in [-0.2, -0.15) is 13.2 Å². The van der Waals surface area contributed by atoms with Gasteiger partial charge in [-0.1, -0.05) is 65.7 Å². The number of anilines is 1. The van der Waals surface area contributed by atoms with E-state index in [1.54, 1.807) is 25.1 Å². The van der Waals surface area contributed by atoms with Gasteiger partial charge in [-0.15, -0.1) is 0 Å². The predicted octanol–water partition coefficient (Wildman–Crippen LogP) is 6.33. The van der Waals surface area contributed by atoms with Crippen molar-refractivity contribution in [3.63, 3.8) is 0 Å². The Balaban J connectivity index is 1.92. The average molecular weight is 659 g/mol. The molecule has 0 aliphatic heterocycles. The van der Waals surface area contributed by atoms with Crippen LogP contribution in [0.1, 0.15) is 36.5 Å². The Bertz CT molecular complexity index is 1500. The molecule has 3 aromatic rings. The van der Waals surface area contributed by atoms with Gasteiger partial charge in [0.05, 0.1) is 17.5 Å². The number of nitrogens with zero attached hydrogens (tertiary/aromatic N) is 2. The number of amides is 2. The zero-order valence-electron chi connectivity index (χ0n) is 23.6. The van der Waals surface area contributed by atoms with E-state index in [2.05, 4.69) is 5.32 Å². The summed E-state index contributed by atoms with van der Waals surface area (Å²) in [7, 11) is -3.99. The lowest BCUT2D eigenvalue weighted by Crippen LogP contribution is -2.50. The van der Waals surface area contributed by atoms with Gasteiger partial charge in [0.1, 0.15) is 6.04 Å². The molecule has 0 aliphatic carbocycles. The third-order valence-corrected chi connectivity index (χ3v) is 8.53. The van der Waals surface area contributed by atoms with E-state index < -0.39 is 39.6 Å². The van der Waals surface area contributed by atoms with E-state index in [-0.39, 0.29) is 38.0 Å². The first-order chi connectivity index (χ1) is 20.2. The second-order valence-corrected chi connectivity index (χ2v) is 12.5. The molecule has 0 heterocycles. The fourth-order valence-electron chi connectivity index (χ4n) is 4.54. The molecule has 3 rings (SSSR count). The van der Waals surface area contributed by atoms with Crippen LogP contribution in [-0.4, -0.2) is 50.5 Å². The third-order valence-electron chi connectivity index (χ3n) is 6.63. The molecule has 0 aromatic heterocycles. The monoisotopic (exact) mass is 657 g/mol. The number of likely N-dealkylation sites (N-methyl/N-ethyl adjacent to an activating group) is 1. The fourth-order valence-corrected chi connectivity index (χ4v) is 6.02. The fraction of sp³-hybridized carbons (Fsp3) is 0.333. The largest absolute Gasteiger partial charge is 0.416 e. The van der Waals surface area contributed by atoms with Gasteiger partial charge in [-0.3, -0.25) is 13.9 Å². The van der Waals surface area contributed by atoms with Gasteiger partial charge in [0.2, 0.25) is 21.8 Å². The number of halogens is 5. The minimum atomic E-state index is -4.66. The van der Waals surface area contributed by atoms with E-state index in [0.717, 1.165) is 34.3 Å². The lowest BCUT2D eigenvalue weighted by atomic mass is 10.0. The Morgan fingerprint density at radius 2 is 1.58 bits per heavy atom. The van der Waals surface area contributed by atoms with Crippen LogP contribution in [0, 0.1) is 0 Å². The number of rotatable bonds is 13. The van der Waals surface area contributed by atoms with E-state index >= 15 is 0 Å². The Morgan fingerprint density at radius 3 is 2.16 bits per heavy atom. The number of carbonyl (C=O) groups excluding carboxylic acids is 2. The highest BCUT2D eigenvalue weighted by Crippen LogP contribution is 2.32. The lowest BCUT2D eigenvalue weighted by Gasteiger charge is -2.32. The van der Waals surface area contributed by atoms with Crippen LogP contribution < -0.4 is 9.62 Å². The van der Waals surface area contributed by atoms with E-state index in [0.29, 0.717) is 22.2 Å². The summed E-state index contributed by atoms with van der Waals surface area (Å²) in [6, 6.07) is 17.0. The minimum absolute atomic E-state index is 0.0393. The quantitative estimate of drug-likeness (QED) is 0.233. The summed E-state index contributed by atoms with van der Waals surface area (Å²) in [5.74, 6) is -0.884. The van der Waals surface area contributed by atoms with Crippen molar-refractivity contribution < 1.29 is 31.2 Å². The van der Waals surface area contributed by atoms with Crippen molar-refractivity contribution in [1.82, 2.24) is 10.2 Å². The highest BCUT2D eigenvalue weighted by Gasteiger charge is 2.33. The molecule has 0 bridgehead atoms. The topological polar surface area (TPSA) is 86.8 Å². The maximum absolute atomic E-state index is 13.8. The van der Waals surface area contributed by atoms with Crippen LogP contribution in [-0.2, 0) is 38.8 Å². The van der Waals surface area contributed by atoms with Gasteiger partial charge >= 0.3 is 6.18 Å². The second-order valence-electron chi connectivity index (χ2n) is 9.81. The summed E-state index contributed by atoms with van der Waals surface area (Å²) >= 11 is 12.8. The van der Waals surface area contributed by atoms with E-state index in [4.69, 9.17) is 23.2 Å². The molecule has 43 heavy (non-hydrogen) atoms. The first-order valence-corrected chi connectivity index (χ1v) is 16.0. The Labute approximate surface area is 259 Å². The van der Waals surface area contributed by atoms with Gasteiger partial charge in [-0.25, -0.2) is 8.42 Å². The molecule has 0 spiro atoms. The Hall–Kier alpha value is -3.28. The predicted molar refractivity (Wildman–Crippen MR) is 162 cm³/mol. The van der Waals surface area contributed by atoms with Crippen LogP contribution in [0.4, 0.5) is 18.9 Å². The standard InChI is InChI=1S/C30H32Cl2F3N3O4S/c1-3-36-29(40)27(18-21-10-5-4-6-11-21)37(20-24-25(31)14-8-15-26(24)32)28(39)16-9-17-38(43(2,41)42)23-13-7-12-22(19-23)30(33,34)35/h4-8,10-15,19,27H,3,9,16-18,20H2,1-2H3,(H,36,40). The molecule has 0 aliphatic rings. The van der Waals surface area contributed by atoms with Crippen molar-refractivity contribution in [1.29, 1.82) is 0 Å². The first-order valence-electron chi connectivity index (χ1n) is 13.4. The summed E-state index contributed by atoms with van der Waals surface area (Å²) in [6.45, 7) is 1.70. The van der Waals surface area contributed by atoms with E-state index in [9.17, 15) is 31.2 Å². The molecule has 0 fully saturated rings. The number of hydrogen-bond acceptors (Lipinski definition) is 4. The van der Waals surface area contributed by atoms with E-state index in [1.807, 2.05) is 30.3 Å². The molecule has 1 atom stereocenters. The molecule has 3 aromatic carbocycles. The zero-order chi connectivity index (χ0) is 31.8. The van der Waals surface area contributed by atoms with Crippen LogP contribution in [0.5, 0.6) is 0 Å². The summed E-state index contributed by atoms with van der Waals surface area (Å²) in [5, 5.41) is 3.37. The SMILES string of the molecule is CCNC(=O)C(Cc1ccccc1)N(Cc1c(Cl)cccc1Cl)C(=O)CCCN(c1cccc(C(F)(F)F)c1)S(C)(=O)=O. The van der Waals surface area contributed by atoms with Gasteiger partial charge in [0.15, 0.2) is 0 Å². The van der Waals surface area contributed by atoms with Crippen LogP contribution in [0.2, 0.25) is 10.0 Å². The van der Waals surface area contributed by atoms with Crippen molar-refractivity contribution in [3.05, 3.63) is 99.5 Å². The normalized spacial score (nSPS) is 12.4. The maximum Gasteiger partial charge on any atom is 0.416 e. The van der Waals surface area contributed by atoms with Crippen LogP contribution >= 0.6 is 23.2 Å². The molecule has 1 unspecified atom stereocenters. The molecule has 232 valence electrons. The van der Waals surface area contributed by atoms with Gasteiger partial charge < -0.3 is 10.2 Å². The lowest BCUT2D eigenvalue weighted by molar-refractivity contribution is -0.141. The van der Waals surface area contributed by atoms with Gasteiger partial charge in [0.25, 0.3) is 0 Å². The van der Waals surface area contributed by atoms with Crippen molar-refractivity contribution in [2.75, 3.05) is 23.7 Å². The smallest absolute Gasteiger partial charge is 0.355 e. The van der Waals surface area contributed by atoms with Crippen molar-refractivity contribution in [2.24, 2.45) is 0 Å². The molecule has 2 amide bonds. The van der Waals surface area contributed by atoms with Crippen LogP contribution in [0.15, 0.2) is 72.8 Å². The van der Waals surface area contributed by atoms with Gasteiger partial charge in [-0.05, 0) is 49.2 Å². The number of hydrogen-bond donors (Lipinski definition) is 1. The molecule has 0 radical (unpaired) electrons. The van der Waals surface area contributed by atoms with Crippen LogP contribution in [0.3, 0.4) is 0 Å². The zero-order valence-corrected chi connectivity index (χ0v) is 25.9. The summed E-state index contributed by atoms with van der Waals surface area (Å²) in [5.41, 5.74) is 0.0647. The Kier molecular flexibility index (Phi) is 11.9. The van der Waals surface area contributed by atoms with Crippen LogP contribution in [0.25, 0.3) is 0 Å². The summed E-state index contributed by atoms with van der Waals surface area (Å²) in [6.07, 6.45) is -3.85. The molecular formula is C30H32Cl2F3N3O4S. The van der Waals surface area contributed by atoms with Crippen molar-refractivity contribution >= 4 is 50.7 Å². The number of nitrogens with one attached hydrogen (secondary N) is 1. The summed E-state index contributed by atoms with van der Waals surface area (Å²) in [4.78, 5) is 28.5. The molecule has 7 nitrogen and oxygen atoms in total. The molecule has 13 heteroatoms. The highest BCUT2D eigenvalue weighted by molar-refractivity contribution is 7.92. The molecule has 1 N–H and O–H groups in total. The number of sulfonamides is 1. The van der Waals surface area contributed by atoms with Gasteiger partial charge in [0, 0.05) is 48.1 Å². The number of alkyl halides is 3. The molecular weight excluding hydrogens is 626 g/mol. The second kappa shape index (κ2) is 14.9.